The van der Waals surface area contributed by atoms with Gasteiger partial charge in [-0.3, -0.25) is 0 Å². The summed E-state index contributed by atoms with van der Waals surface area (Å²) in [5.74, 6) is 0.709. The molecule has 2 nitrogen and oxygen atoms in total. The molecule has 0 aromatic rings. The normalized spacial score (nSPS) is 21.7. The first kappa shape index (κ1) is 11.0. The Labute approximate surface area is 81.3 Å². The predicted octanol–water partition coefficient (Wildman–Crippen LogP) is 2.35. The highest BCUT2D eigenvalue weighted by Crippen LogP contribution is 2.21. The van der Waals surface area contributed by atoms with Crippen LogP contribution in [-0.2, 0) is 4.74 Å². The van der Waals surface area contributed by atoms with Crippen LogP contribution in [0.4, 0.5) is 0 Å². The van der Waals surface area contributed by atoms with Gasteiger partial charge in [-0.05, 0) is 31.6 Å². The Balaban J connectivity index is 2.07. The van der Waals surface area contributed by atoms with E-state index in [4.69, 9.17) is 4.74 Å². The molecule has 1 aliphatic heterocycles. The first-order chi connectivity index (χ1) is 6.33. The zero-order valence-electron chi connectivity index (χ0n) is 8.67. The van der Waals surface area contributed by atoms with Crippen LogP contribution in [-0.4, -0.2) is 24.4 Å². The number of hydrogen-bond donors (Lipinski definition) is 1. The second kappa shape index (κ2) is 6.39. The van der Waals surface area contributed by atoms with Crippen molar-refractivity contribution in [3.8, 4) is 0 Å². The fraction of sp³-hybridized carbons (Fsp3) is 1.00. The van der Waals surface area contributed by atoms with Crippen LogP contribution < -0.4 is 0 Å². The van der Waals surface area contributed by atoms with Gasteiger partial charge >= 0.3 is 0 Å². The molecule has 0 aromatic heterocycles. The lowest BCUT2D eigenvalue weighted by molar-refractivity contribution is 0.0416. The molecule has 1 saturated heterocycles. The van der Waals surface area contributed by atoms with E-state index in [0.717, 1.165) is 45.3 Å². The number of hydrogen-bond acceptors (Lipinski definition) is 2. The second-order valence-corrected chi connectivity index (χ2v) is 4.09. The molecule has 0 aliphatic carbocycles. The molecule has 1 N–H and O–H groups in total. The molecule has 78 valence electrons. The van der Waals surface area contributed by atoms with Crippen molar-refractivity contribution in [2.24, 2.45) is 5.92 Å². The van der Waals surface area contributed by atoms with E-state index in [1.165, 1.54) is 6.42 Å². The zero-order valence-corrected chi connectivity index (χ0v) is 8.67. The first-order valence-electron chi connectivity index (χ1n) is 5.58. The molecule has 0 saturated carbocycles. The maximum atomic E-state index is 9.69. The fourth-order valence-electron chi connectivity index (χ4n) is 1.92. The zero-order chi connectivity index (χ0) is 9.52. The van der Waals surface area contributed by atoms with E-state index < -0.39 is 0 Å². The largest absolute Gasteiger partial charge is 0.393 e. The number of unbranched alkanes of at least 4 members (excludes halogenated alkanes) is 1. The third-order valence-electron chi connectivity index (χ3n) is 2.84. The molecule has 13 heavy (non-hydrogen) atoms. The molecular weight excluding hydrogens is 164 g/mol. The minimum Gasteiger partial charge on any atom is -0.393 e. The van der Waals surface area contributed by atoms with Gasteiger partial charge in [0.25, 0.3) is 0 Å². The smallest absolute Gasteiger partial charge is 0.0543 e. The summed E-state index contributed by atoms with van der Waals surface area (Å²) in [6.45, 7) is 3.96. The van der Waals surface area contributed by atoms with Gasteiger partial charge in [0.05, 0.1) is 6.10 Å². The Kier molecular flexibility index (Phi) is 5.40. The minimum absolute atomic E-state index is 0.0666. The van der Waals surface area contributed by atoms with E-state index in [-0.39, 0.29) is 6.10 Å². The molecule has 1 fully saturated rings. The predicted molar refractivity (Wildman–Crippen MR) is 53.7 cm³/mol. The molecule has 1 heterocycles. The third-order valence-corrected chi connectivity index (χ3v) is 2.84. The molecule has 0 amide bonds. The van der Waals surface area contributed by atoms with E-state index in [1.807, 2.05) is 0 Å². The van der Waals surface area contributed by atoms with Gasteiger partial charge in [-0.1, -0.05) is 19.8 Å². The van der Waals surface area contributed by atoms with Gasteiger partial charge < -0.3 is 9.84 Å². The van der Waals surface area contributed by atoms with Crippen molar-refractivity contribution >= 4 is 0 Å². The lowest BCUT2D eigenvalue weighted by Gasteiger charge is -2.24. The van der Waals surface area contributed by atoms with E-state index in [9.17, 15) is 5.11 Å². The molecule has 2 heteroatoms. The van der Waals surface area contributed by atoms with Crippen molar-refractivity contribution in [1.29, 1.82) is 0 Å². The van der Waals surface area contributed by atoms with E-state index in [0.29, 0.717) is 5.92 Å². The summed E-state index contributed by atoms with van der Waals surface area (Å²) in [5.41, 5.74) is 0. The standard InChI is InChI=1S/C11H22O2/c1-2-3-4-11(12)9-10-5-7-13-8-6-10/h10-12H,2-9H2,1H3. The molecule has 1 atom stereocenters. The Hall–Kier alpha value is -0.0800. The summed E-state index contributed by atoms with van der Waals surface area (Å²) in [6, 6.07) is 0. The summed E-state index contributed by atoms with van der Waals surface area (Å²) in [6.07, 6.45) is 6.53. The molecule has 1 unspecified atom stereocenters. The SMILES string of the molecule is CCCCC(O)CC1CCOCC1. The second-order valence-electron chi connectivity index (χ2n) is 4.09. The van der Waals surface area contributed by atoms with Crippen molar-refractivity contribution in [2.45, 2.75) is 51.6 Å². The number of aliphatic hydroxyl groups is 1. The van der Waals surface area contributed by atoms with Gasteiger partial charge in [-0.25, -0.2) is 0 Å². The summed E-state index contributed by atoms with van der Waals surface area (Å²) in [4.78, 5) is 0. The maximum Gasteiger partial charge on any atom is 0.0543 e. The summed E-state index contributed by atoms with van der Waals surface area (Å²) >= 11 is 0. The van der Waals surface area contributed by atoms with Crippen LogP contribution >= 0.6 is 0 Å². The lowest BCUT2D eigenvalue weighted by atomic mass is 9.92. The average Bonchev–Trinajstić information content (AvgIpc) is 2.16. The van der Waals surface area contributed by atoms with Crippen LogP contribution in [0.2, 0.25) is 0 Å². The minimum atomic E-state index is -0.0666. The van der Waals surface area contributed by atoms with Gasteiger partial charge in [0, 0.05) is 13.2 Å². The van der Waals surface area contributed by atoms with E-state index in [1.54, 1.807) is 0 Å². The number of aliphatic hydroxyl groups excluding tert-OH is 1. The highest BCUT2D eigenvalue weighted by Gasteiger charge is 2.17. The van der Waals surface area contributed by atoms with Crippen LogP contribution in [0.3, 0.4) is 0 Å². The summed E-state index contributed by atoms with van der Waals surface area (Å²) < 4.78 is 5.28. The molecule has 0 spiro atoms. The number of ether oxygens (including phenoxy) is 1. The first-order valence-corrected chi connectivity index (χ1v) is 5.58. The van der Waals surface area contributed by atoms with Crippen molar-refractivity contribution in [3.63, 3.8) is 0 Å². The van der Waals surface area contributed by atoms with Crippen LogP contribution in [0.1, 0.15) is 45.4 Å². The van der Waals surface area contributed by atoms with Gasteiger partial charge in [0.15, 0.2) is 0 Å². The third kappa shape index (κ3) is 4.63. The molecule has 1 aliphatic rings. The van der Waals surface area contributed by atoms with Crippen molar-refractivity contribution in [3.05, 3.63) is 0 Å². The highest BCUT2D eigenvalue weighted by molar-refractivity contribution is 4.68. The Morgan fingerprint density at radius 3 is 2.69 bits per heavy atom. The van der Waals surface area contributed by atoms with Crippen LogP contribution in [0.5, 0.6) is 0 Å². The van der Waals surface area contributed by atoms with Gasteiger partial charge in [-0.15, -0.1) is 0 Å². The van der Waals surface area contributed by atoms with Crippen molar-refractivity contribution in [2.75, 3.05) is 13.2 Å². The van der Waals surface area contributed by atoms with Crippen LogP contribution in [0.15, 0.2) is 0 Å². The molecule has 1 rings (SSSR count). The van der Waals surface area contributed by atoms with E-state index in [2.05, 4.69) is 6.92 Å². The monoisotopic (exact) mass is 186 g/mol. The summed E-state index contributed by atoms with van der Waals surface area (Å²) in [5, 5.41) is 9.69. The Morgan fingerprint density at radius 2 is 2.08 bits per heavy atom. The molecular formula is C11H22O2. The van der Waals surface area contributed by atoms with Crippen molar-refractivity contribution in [1.82, 2.24) is 0 Å². The Bertz CT molecular complexity index is 119. The highest BCUT2D eigenvalue weighted by atomic mass is 16.5. The average molecular weight is 186 g/mol. The van der Waals surface area contributed by atoms with Crippen molar-refractivity contribution < 1.29 is 9.84 Å². The lowest BCUT2D eigenvalue weighted by Crippen LogP contribution is -2.20. The summed E-state index contributed by atoms with van der Waals surface area (Å²) in [7, 11) is 0. The van der Waals surface area contributed by atoms with Crippen LogP contribution in [0.25, 0.3) is 0 Å². The van der Waals surface area contributed by atoms with Gasteiger partial charge in [0.1, 0.15) is 0 Å². The molecule has 0 radical (unpaired) electrons. The Morgan fingerprint density at radius 1 is 1.38 bits per heavy atom. The quantitative estimate of drug-likeness (QED) is 0.714. The van der Waals surface area contributed by atoms with Gasteiger partial charge in [0.2, 0.25) is 0 Å². The number of rotatable bonds is 5. The van der Waals surface area contributed by atoms with Crippen LogP contribution in [0, 0.1) is 5.92 Å². The fourth-order valence-corrected chi connectivity index (χ4v) is 1.92. The molecule has 0 aromatic carbocycles. The molecule has 0 bridgehead atoms. The van der Waals surface area contributed by atoms with Gasteiger partial charge in [-0.2, -0.15) is 0 Å². The topological polar surface area (TPSA) is 29.5 Å². The maximum absolute atomic E-state index is 9.69. The van der Waals surface area contributed by atoms with E-state index >= 15 is 0 Å².